The Kier molecular flexibility index (Phi) is 4.63. The van der Waals surface area contributed by atoms with Gasteiger partial charge >= 0.3 is 5.97 Å². The number of halogens is 1. The van der Waals surface area contributed by atoms with E-state index in [0.29, 0.717) is 36.8 Å². The summed E-state index contributed by atoms with van der Waals surface area (Å²) in [5, 5.41) is 9.85. The Labute approximate surface area is 146 Å². The van der Waals surface area contributed by atoms with Crippen LogP contribution in [0.25, 0.3) is 10.9 Å². The monoisotopic (exact) mass is 364 g/mol. The van der Waals surface area contributed by atoms with Gasteiger partial charge in [0.05, 0.1) is 0 Å². The molecule has 9 heteroatoms. The van der Waals surface area contributed by atoms with Crippen LogP contribution in [-0.4, -0.2) is 48.6 Å². The first-order valence-electron chi connectivity index (χ1n) is 7.96. The smallest absolute Gasteiger partial charge is 0.323 e. The predicted molar refractivity (Wildman–Crippen MR) is 92.5 cm³/mol. The van der Waals surface area contributed by atoms with Crippen molar-refractivity contribution in [3.05, 3.63) is 35.3 Å². The molecule has 1 fully saturated rings. The Morgan fingerprint density at radius 1 is 1.36 bits per heavy atom. The molecule has 0 amide bonds. The van der Waals surface area contributed by atoms with Crippen LogP contribution in [0.5, 0.6) is 0 Å². The van der Waals surface area contributed by atoms with Gasteiger partial charge in [0.25, 0.3) is 7.12 Å². The van der Waals surface area contributed by atoms with Crippen LogP contribution >= 0.6 is 0 Å². The number of hydrogen-bond acceptors (Lipinski definition) is 3. The van der Waals surface area contributed by atoms with E-state index in [1.54, 1.807) is 10.6 Å². The lowest BCUT2D eigenvalue weighted by atomic mass is 9.88. The van der Waals surface area contributed by atoms with Crippen LogP contribution in [0.3, 0.4) is 0 Å². The zero-order valence-electron chi connectivity index (χ0n) is 13.8. The van der Waals surface area contributed by atoms with E-state index in [1.165, 1.54) is 16.4 Å². The highest BCUT2D eigenvalue weighted by molar-refractivity contribution is 8.10. The summed E-state index contributed by atoms with van der Waals surface area (Å²) in [6.45, 7) is 2.21. The summed E-state index contributed by atoms with van der Waals surface area (Å²) in [6, 6.07) is 4.32. The van der Waals surface area contributed by atoms with Gasteiger partial charge < -0.3 is 9.67 Å². The molecule has 132 valence electrons. The topological polar surface area (TPSA) is 79.6 Å². The molecule has 0 unspecified atom stereocenters. The highest BCUT2D eigenvalue weighted by Gasteiger charge is 2.29. The Hall–Kier alpha value is -1.87. The van der Waals surface area contributed by atoms with Gasteiger partial charge in [0.15, 0.2) is 9.87 Å². The molecule has 1 aliphatic heterocycles. The summed E-state index contributed by atoms with van der Waals surface area (Å²) in [5.74, 6) is -1.33. The maximum Gasteiger partial charge on any atom is 0.323 e. The molecule has 0 atom stereocenters. The number of aliphatic carboxylic acids is 1. The van der Waals surface area contributed by atoms with Crippen molar-refractivity contribution in [1.29, 1.82) is 0 Å². The third-order valence-corrected chi connectivity index (χ3v) is 5.93. The van der Waals surface area contributed by atoms with E-state index in [-0.39, 0.29) is 18.3 Å². The van der Waals surface area contributed by atoms with E-state index in [9.17, 15) is 17.6 Å². The quantitative estimate of drug-likeness (QED) is 0.839. The molecule has 6 nitrogen and oxygen atoms in total. The number of carboxylic acids is 1. The molecule has 1 aromatic carbocycles. The maximum absolute atomic E-state index is 13.8. The van der Waals surface area contributed by atoms with Crippen LogP contribution in [0, 0.1) is 12.7 Å². The summed E-state index contributed by atoms with van der Waals surface area (Å²) in [6.07, 6.45) is 1.11. The molecule has 1 saturated heterocycles. The number of piperidine rings is 1. The predicted octanol–water partition coefficient (Wildman–Crippen LogP) is 1.77. The van der Waals surface area contributed by atoms with Gasteiger partial charge in [0.2, 0.25) is 0 Å². The lowest BCUT2D eigenvalue weighted by Gasteiger charge is -2.31. The number of benzene rings is 1. The molecule has 2 aromatic rings. The summed E-state index contributed by atoms with van der Waals surface area (Å²) in [5.41, 5.74) is 2.34. The molecule has 25 heavy (non-hydrogen) atoms. The van der Waals surface area contributed by atoms with Crippen molar-refractivity contribution >= 4 is 33.9 Å². The summed E-state index contributed by atoms with van der Waals surface area (Å²) < 4.78 is 39.6. The van der Waals surface area contributed by atoms with E-state index in [4.69, 9.17) is 12.2 Å². The van der Waals surface area contributed by atoms with Crippen LogP contribution in [0.4, 0.5) is 4.39 Å². The molecule has 1 aliphatic rings. The molecule has 1 N–H and O–H groups in total. The van der Waals surface area contributed by atoms with E-state index >= 15 is 0 Å². The fourth-order valence-electron chi connectivity index (χ4n) is 3.73. The molecular formula is C16H18BFN2O4S. The van der Waals surface area contributed by atoms with Gasteiger partial charge in [-0.05, 0) is 49.4 Å². The second-order valence-electron chi connectivity index (χ2n) is 6.36. The second-order valence-corrected chi connectivity index (χ2v) is 7.91. The lowest BCUT2D eigenvalue weighted by molar-refractivity contribution is -0.137. The first kappa shape index (κ1) is 17.9. The minimum atomic E-state index is -3.71. The van der Waals surface area contributed by atoms with Crippen molar-refractivity contribution in [2.24, 2.45) is 0 Å². The minimum absolute atomic E-state index is 0.0253. The number of fused-ring (bicyclic) bond motifs is 1. The highest BCUT2D eigenvalue weighted by atomic mass is 32.2. The van der Waals surface area contributed by atoms with Crippen molar-refractivity contribution in [2.75, 3.05) is 13.1 Å². The number of rotatable bonds is 4. The van der Waals surface area contributed by atoms with Crippen molar-refractivity contribution < 1.29 is 22.7 Å². The Balaban J connectivity index is 2.03. The maximum atomic E-state index is 13.8. The average molecular weight is 364 g/mol. The molecule has 2 radical (unpaired) electrons. The third kappa shape index (κ3) is 3.43. The molecular weight excluding hydrogens is 346 g/mol. The molecule has 0 aliphatic carbocycles. The zero-order chi connectivity index (χ0) is 18.4. The Morgan fingerprint density at radius 2 is 2.00 bits per heavy atom. The van der Waals surface area contributed by atoms with Gasteiger partial charge in [-0.15, -0.1) is 0 Å². The van der Waals surface area contributed by atoms with Gasteiger partial charge in [-0.3, -0.25) is 4.79 Å². The van der Waals surface area contributed by atoms with Crippen LogP contribution < -0.4 is 0 Å². The van der Waals surface area contributed by atoms with Crippen molar-refractivity contribution in [3.63, 3.8) is 0 Å². The van der Waals surface area contributed by atoms with E-state index in [2.05, 4.69) is 0 Å². The lowest BCUT2D eigenvalue weighted by Crippen LogP contribution is -2.37. The summed E-state index contributed by atoms with van der Waals surface area (Å²) in [7, 11) is 1.46. The van der Waals surface area contributed by atoms with Crippen LogP contribution in [-0.2, 0) is 21.2 Å². The Bertz CT molecular complexity index is 933. The van der Waals surface area contributed by atoms with Gasteiger partial charge in [-0.25, -0.2) is 17.1 Å². The van der Waals surface area contributed by atoms with E-state index in [1.807, 2.05) is 6.92 Å². The number of nitrogens with zero attached hydrogens (tertiary/aromatic N) is 2. The first-order valence-corrected chi connectivity index (χ1v) is 9.46. The molecule has 1 aromatic heterocycles. The third-order valence-electron chi connectivity index (χ3n) is 4.85. The summed E-state index contributed by atoms with van der Waals surface area (Å²) >= 11 is 0. The Morgan fingerprint density at radius 3 is 2.56 bits per heavy atom. The van der Waals surface area contributed by atoms with Gasteiger partial charge in [-0.2, -0.15) is 0 Å². The molecule has 3 rings (SSSR count). The minimum Gasteiger partial charge on any atom is -0.480 e. The van der Waals surface area contributed by atoms with Crippen molar-refractivity contribution in [2.45, 2.75) is 32.2 Å². The average Bonchev–Trinajstić information content (AvgIpc) is 2.78. The van der Waals surface area contributed by atoms with Crippen LogP contribution in [0.1, 0.15) is 30.0 Å². The van der Waals surface area contributed by atoms with Crippen LogP contribution in [0.2, 0.25) is 0 Å². The molecule has 0 saturated carbocycles. The highest BCUT2D eigenvalue weighted by Crippen LogP contribution is 2.38. The fourth-order valence-corrected chi connectivity index (χ4v) is 4.45. The van der Waals surface area contributed by atoms with Crippen molar-refractivity contribution in [3.8, 4) is 0 Å². The van der Waals surface area contributed by atoms with E-state index < -0.39 is 15.8 Å². The van der Waals surface area contributed by atoms with Gasteiger partial charge in [-0.1, -0.05) is 0 Å². The van der Waals surface area contributed by atoms with Gasteiger partial charge in [0.1, 0.15) is 12.4 Å². The van der Waals surface area contributed by atoms with E-state index in [0.717, 1.165) is 11.3 Å². The molecule has 0 bridgehead atoms. The van der Waals surface area contributed by atoms with Gasteiger partial charge in [0, 0.05) is 29.7 Å². The van der Waals surface area contributed by atoms with Crippen LogP contribution in [0.15, 0.2) is 18.2 Å². The van der Waals surface area contributed by atoms with Crippen molar-refractivity contribution in [1.82, 2.24) is 8.87 Å². The largest absolute Gasteiger partial charge is 0.480 e. The number of carboxylic acid groups (broad SMARTS) is 1. The zero-order valence-corrected chi connectivity index (χ0v) is 14.6. The molecule has 2 heterocycles. The standard InChI is InChI=1S/C16H18BFN2O4S/c1-10-16(11-4-6-19(7-5-11)25(17,23)24)13-8-12(18)2-3-14(13)20(10)9-15(21)22/h2-3,8,11H,4-7,9H2,1H3,(H,21,22). The second kappa shape index (κ2) is 6.46. The first-order chi connectivity index (χ1) is 11.7. The summed E-state index contributed by atoms with van der Waals surface area (Å²) in [4.78, 5) is 11.2. The normalized spacial score (nSPS) is 17.2. The fraction of sp³-hybridized carbons (Fsp3) is 0.438. The number of hydrogen-bond donors (Lipinski definition) is 1. The number of carbonyl (C=O) groups is 1. The SMILES string of the molecule is [B]S(=O)(=O)N1CCC(c2c(C)n(CC(=O)O)c3ccc(F)cc23)CC1. The molecule has 0 spiro atoms. The number of aromatic nitrogens is 1.